The van der Waals surface area contributed by atoms with E-state index in [0.29, 0.717) is 12.3 Å². The lowest BCUT2D eigenvalue weighted by Crippen LogP contribution is -2.39. The second-order valence-corrected chi connectivity index (χ2v) is 9.02. The van der Waals surface area contributed by atoms with Crippen LogP contribution in [0.15, 0.2) is 30.6 Å². The van der Waals surface area contributed by atoms with Crippen molar-refractivity contribution < 1.29 is 4.79 Å². The minimum atomic E-state index is 0.200. The zero-order chi connectivity index (χ0) is 19.6. The molecule has 0 radical (unpaired) electrons. The lowest BCUT2D eigenvalue weighted by molar-refractivity contribution is -0.131. The molecule has 1 unspecified atom stereocenters. The second kappa shape index (κ2) is 8.02. The first-order valence-corrected chi connectivity index (χ1v) is 11.2. The van der Waals surface area contributed by atoms with Crippen molar-refractivity contribution in [3.05, 3.63) is 51.7 Å². The molecule has 1 fully saturated rings. The van der Waals surface area contributed by atoms with Gasteiger partial charge in [-0.1, -0.05) is 12.1 Å². The van der Waals surface area contributed by atoms with Crippen LogP contribution in [0.1, 0.15) is 52.7 Å². The second-order valence-electron chi connectivity index (χ2n) is 7.91. The molecule has 1 aromatic carbocycles. The number of nitrogens with zero attached hydrogens (tertiary/aromatic N) is 6. The van der Waals surface area contributed by atoms with Crippen LogP contribution in [0.2, 0.25) is 0 Å². The maximum absolute atomic E-state index is 12.9. The van der Waals surface area contributed by atoms with Crippen LogP contribution >= 0.6 is 11.3 Å². The predicted octanol–water partition coefficient (Wildman–Crippen LogP) is 2.95. The molecule has 3 heterocycles. The van der Waals surface area contributed by atoms with E-state index in [1.165, 1.54) is 34.8 Å². The van der Waals surface area contributed by atoms with Crippen LogP contribution in [-0.2, 0) is 24.1 Å². The average molecular weight is 409 g/mol. The highest BCUT2D eigenvalue weighted by Crippen LogP contribution is 2.34. The quantitative estimate of drug-likeness (QED) is 0.663. The minimum absolute atomic E-state index is 0.200. The number of aryl methyl sites for hydroxylation is 2. The summed E-state index contributed by atoms with van der Waals surface area (Å²) in [6.07, 6.45) is 9.04. The maximum atomic E-state index is 12.9. The van der Waals surface area contributed by atoms with Crippen molar-refractivity contribution in [3.63, 3.8) is 0 Å². The van der Waals surface area contributed by atoms with Crippen molar-refractivity contribution in [2.45, 2.75) is 50.9 Å². The maximum Gasteiger partial charge on any atom is 0.227 e. The zero-order valence-corrected chi connectivity index (χ0v) is 17.1. The number of piperidine rings is 1. The molecule has 2 aliphatic rings. The van der Waals surface area contributed by atoms with Gasteiger partial charge in [-0.05, 0) is 66.6 Å². The van der Waals surface area contributed by atoms with Gasteiger partial charge in [-0.3, -0.25) is 4.79 Å². The number of hydrogen-bond donors (Lipinski definition) is 0. The predicted molar refractivity (Wildman–Crippen MR) is 110 cm³/mol. The summed E-state index contributed by atoms with van der Waals surface area (Å²) in [5.41, 5.74) is 3.22. The number of amides is 1. The molecule has 29 heavy (non-hydrogen) atoms. The molecule has 150 valence electrons. The molecule has 5 rings (SSSR count). The summed E-state index contributed by atoms with van der Waals surface area (Å²) in [6.45, 7) is 1.65. The van der Waals surface area contributed by atoms with E-state index in [4.69, 9.17) is 4.98 Å². The van der Waals surface area contributed by atoms with Gasteiger partial charge < -0.3 is 4.90 Å². The molecule has 1 aliphatic carbocycles. The van der Waals surface area contributed by atoms with Gasteiger partial charge in [-0.2, -0.15) is 0 Å². The first-order valence-electron chi connectivity index (χ1n) is 10.3. The fourth-order valence-electron chi connectivity index (χ4n) is 4.28. The number of carbonyl (C=O) groups is 1. The highest BCUT2D eigenvalue weighted by Gasteiger charge is 2.28. The number of likely N-dealkylation sites (tertiary alicyclic amines) is 1. The number of hydrogen-bond acceptors (Lipinski definition) is 6. The summed E-state index contributed by atoms with van der Waals surface area (Å²) in [7, 11) is 0. The van der Waals surface area contributed by atoms with E-state index in [0.717, 1.165) is 43.6 Å². The van der Waals surface area contributed by atoms with Crippen molar-refractivity contribution in [1.82, 2.24) is 30.1 Å². The topological polar surface area (TPSA) is 76.8 Å². The molecule has 0 N–H and O–H groups in total. The van der Waals surface area contributed by atoms with Crippen molar-refractivity contribution in [1.29, 1.82) is 0 Å². The van der Waals surface area contributed by atoms with Crippen molar-refractivity contribution >= 4 is 17.2 Å². The number of benzene rings is 1. The summed E-state index contributed by atoms with van der Waals surface area (Å²) in [4.78, 5) is 21.4. The fraction of sp³-hybridized carbons (Fsp3) is 0.476. The smallest absolute Gasteiger partial charge is 0.227 e. The summed E-state index contributed by atoms with van der Waals surface area (Å²) in [5, 5.41) is 12.4. The standard InChI is InChI=1S/C21H24N6OS/c28-20(12-15-7-9-17(10-8-15)27-14-22-24-25-27)26-11-3-4-16(13-26)21-23-18-5-1-2-6-19(18)29-21/h7-10,14,16H,1-6,11-13H2. The first kappa shape index (κ1) is 18.4. The summed E-state index contributed by atoms with van der Waals surface area (Å²) >= 11 is 1.89. The highest BCUT2D eigenvalue weighted by atomic mass is 32.1. The van der Waals surface area contributed by atoms with Crippen LogP contribution in [0.4, 0.5) is 0 Å². The molecule has 1 aliphatic heterocycles. The molecular weight excluding hydrogens is 384 g/mol. The molecule has 1 amide bonds. The van der Waals surface area contributed by atoms with E-state index in [1.54, 1.807) is 11.0 Å². The third kappa shape index (κ3) is 3.94. The van der Waals surface area contributed by atoms with E-state index in [9.17, 15) is 4.79 Å². The molecule has 8 heteroatoms. The summed E-state index contributed by atoms with van der Waals surface area (Å²) < 4.78 is 1.61. The van der Waals surface area contributed by atoms with Gasteiger partial charge in [0.1, 0.15) is 6.33 Å². The van der Waals surface area contributed by atoms with Crippen LogP contribution in [0.25, 0.3) is 5.69 Å². The van der Waals surface area contributed by atoms with E-state index < -0.39 is 0 Å². The van der Waals surface area contributed by atoms with E-state index >= 15 is 0 Å². The molecule has 7 nitrogen and oxygen atoms in total. The van der Waals surface area contributed by atoms with E-state index in [1.807, 2.05) is 40.5 Å². The number of tetrazole rings is 1. The number of rotatable bonds is 4. The normalized spacial score (nSPS) is 19.2. The Morgan fingerprint density at radius 1 is 1.14 bits per heavy atom. The van der Waals surface area contributed by atoms with Gasteiger partial charge in [0.25, 0.3) is 0 Å². The van der Waals surface area contributed by atoms with Gasteiger partial charge in [-0.25, -0.2) is 9.67 Å². The molecule has 0 bridgehead atoms. The summed E-state index contributed by atoms with van der Waals surface area (Å²) in [6, 6.07) is 7.84. The Hall–Kier alpha value is -2.61. The third-order valence-electron chi connectivity index (χ3n) is 5.89. The monoisotopic (exact) mass is 408 g/mol. The Balaban J connectivity index is 1.23. The van der Waals surface area contributed by atoms with Crippen LogP contribution in [-0.4, -0.2) is 49.1 Å². The van der Waals surface area contributed by atoms with Crippen LogP contribution in [0, 0.1) is 0 Å². The Labute approximate surface area is 173 Å². The molecule has 2 aromatic heterocycles. The molecule has 1 atom stereocenters. The lowest BCUT2D eigenvalue weighted by Gasteiger charge is -2.32. The van der Waals surface area contributed by atoms with Gasteiger partial charge in [0, 0.05) is 23.9 Å². The van der Waals surface area contributed by atoms with E-state index in [-0.39, 0.29) is 5.91 Å². The summed E-state index contributed by atoms with van der Waals surface area (Å²) in [5.74, 6) is 0.594. The molecule has 3 aromatic rings. The van der Waals surface area contributed by atoms with Crippen LogP contribution in [0.5, 0.6) is 0 Å². The van der Waals surface area contributed by atoms with Gasteiger partial charge in [0.15, 0.2) is 0 Å². The van der Waals surface area contributed by atoms with Gasteiger partial charge in [0.2, 0.25) is 5.91 Å². The number of fused-ring (bicyclic) bond motifs is 1. The number of carbonyl (C=O) groups excluding carboxylic acids is 1. The highest BCUT2D eigenvalue weighted by molar-refractivity contribution is 7.11. The third-order valence-corrected chi connectivity index (χ3v) is 7.21. The van der Waals surface area contributed by atoms with Gasteiger partial charge in [-0.15, -0.1) is 16.4 Å². The lowest BCUT2D eigenvalue weighted by atomic mass is 9.97. The minimum Gasteiger partial charge on any atom is -0.342 e. The molecular formula is C21H24N6OS. The molecule has 1 saturated heterocycles. The SMILES string of the molecule is O=C(Cc1ccc(-n2cnnn2)cc1)N1CCCC(c2nc3c(s2)CCCC3)C1. The van der Waals surface area contributed by atoms with E-state index in [2.05, 4.69) is 15.5 Å². The van der Waals surface area contributed by atoms with Crippen LogP contribution in [0.3, 0.4) is 0 Å². The van der Waals surface area contributed by atoms with Gasteiger partial charge in [0.05, 0.1) is 22.8 Å². The Morgan fingerprint density at radius 3 is 2.79 bits per heavy atom. The average Bonchev–Trinajstić information content (AvgIpc) is 3.44. The van der Waals surface area contributed by atoms with Crippen molar-refractivity contribution in [2.75, 3.05) is 13.1 Å². The van der Waals surface area contributed by atoms with Gasteiger partial charge >= 0.3 is 0 Å². The molecule has 0 spiro atoms. The Kier molecular flexibility index (Phi) is 5.10. The molecule has 0 saturated carbocycles. The number of aromatic nitrogens is 5. The largest absolute Gasteiger partial charge is 0.342 e. The first-order chi connectivity index (χ1) is 14.3. The zero-order valence-electron chi connectivity index (χ0n) is 16.3. The van der Waals surface area contributed by atoms with Crippen LogP contribution < -0.4 is 0 Å². The fourth-order valence-corrected chi connectivity index (χ4v) is 5.56. The van der Waals surface area contributed by atoms with Crippen molar-refractivity contribution in [2.24, 2.45) is 0 Å². The van der Waals surface area contributed by atoms with Crippen molar-refractivity contribution in [3.8, 4) is 5.69 Å². The Bertz CT molecular complexity index is 958. The number of thiazole rings is 1. The Morgan fingerprint density at radius 2 is 2.00 bits per heavy atom.